The van der Waals surface area contributed by atoms with Crippen molar-refractivity contribution in [3.63, 3.8) is 0 Å². The molecule has 0 unspecified atom stereocenters. The highest BCUT2D eigenvalue weighted by Gasteiger charge is 2.31. The van der Waals surface area contributed by atoms with E-state index in [0.29, 0.717) is 33.5 Å². The number of hydrogen-bond donors (Lipinski definition) is 0. The van der Waals surface area contributed by atoms with Gasteiger partial charge in [0.25, 0.3) is 0 Å². The molecule has 0 bridgehead atoms. The molecule has 4 aromatic rings. The lowest BCUT2D eigenvalue weighted by molar-refractivity contribution is -0.137. The summed E-state index contributed by atoms with van der Waals surface area (Å²) in [6.45, 7) is 2.12. The van der Waals surface area contributed by atoms with E-state index in [-0.39, 0.29) is 25.3 Å². The summed E-state index contributed by atoms with van der Waals surface area (Å²) in [7, 11) is 0. The second-order valence-corrected chi connectivity index (χ2v) is 8.13. The summed E-state index contributed by atoms with van der Waals surface area (Å²) < 4.78 is 47.5. The number of carbonyl (C=O) groups excluding carboxylic acids is 1. The third-order valence-electron chi connectivity index (χ3n) is 5.57. The second kappa shape index (κ2) is 8.28. The van der Waals surface area contributed by atoms with E-state index in [2.05, 4.69) is 15.2 Å². The van der Waals surface area contributed by atoms with Crippen molar-refractivity contribution < 1.29 is 22.7 Å². The zero-order valence-electron chi connectivity index (χ0n) is 17.8. The van der Waals surface area contributed by atoms with Crippen LogP contribution in [0.2, 0.25) is 5.02 Å². The minimum atomic E-state index is -4.41. The van der Waals surface area contributed by atoms with Gasteiger partial charge in [-0.15, -0.1) is 10.2 Å². The van der Waals surface area contributed by atoms with Crippen molar-refractivity contribution in [2.24, 2.45) is 0 Å². The van der Waals surface area contributed by atoms with Crippen LogP contribution < -0.4 is 0 Å². The molecule has 0 atom stereocenters. The zero-order valence-corrected chi connectivity index (χ0v) is 18.6. The highest BCUT2D eigenvalue weighted by Crippen LogP contribution is 2.35. The molecule has 5 rings (SSSR count). The molecular formula is C23H17ClF3N5O2. The van der Waals surface area contributed by atoms with Gasteiger partial charge in [-0.3, -0.25) is 4.57 Å². The predicted octanol–water partition coefficient (Wildman–Crippen LogP) is 4.93. The van der Waals surface area contributed by atoms with E-state index in [9.17, 15) is 18.0 Å². The molecule has 2 aromatic carbocycles. The van der Waals surface area contributed by atoms with Crippen LogP contribution in [0.1, 0.15) is 40.1 Å². The molecular weight excluding hydrogens is 471 g/mol. The lowest BCUT2D eigenvalue weighted by Gasteiger charge is -2.10. The number of imidazole rings is 1. The smallest absolute Gasteiger partial charge is 0.416 e. The van der Waals surface area contributed by atoms with Crippen LogP contribution >= 0.6 is 11.6 Å². The number of nitrogens with zero attached hydrogens (tertiary/aromatic N) is 5. The fraction of sp³-hybridized carbons (Fsp3) is 0.217. The molecule has 0 amide bonds. The SMILES string of the molecule is CCOC(=O)c1ncn2c1Cn1c(Cc3ccc(C(F)(F)F)cc3)nnc1-c1cc(Cl)ccc1-2. The fourth-order valence-corrected chi connectivity index (χ4v) is 4.15. The van der Waals surface area contributed by atoms with Crippen molar-refractivity contribution in [1.82, 2.24) is 24.3 Å². The number of benzene rings is 2. The molecule has 7 nitrogen and oxygen atoms in total. The first kappa shape index (κ1) is 22.1. The Kier molecular flexibility index (Phi) is 5.40. The van der Waals surface area contributed by atoms with E-state index in [1.54, 1.807) is 36.0 Å². The number of ether oxygens (including phenoxy) is 1. The third-order valence-corrected chi connectivity index (χ3v) is 5.81. The lowest BCUT2D eigenvalue weighted by atomic mass is 10.1. The molecule has 11 heteroatoms. The molecule has 0 saturated heterocycles. The molecule has 1 aliphatic heterocycles. The molecule has 0 saturated carbocycles. The van der Waals surface area contributed by atoms with Gasteiger partial charge in [0.1, 0.15) is 12.2 Å². The van der Waals surface area contributed by atoms with Gasteiger partial charge in [-0.05, 0) is 42.8 Å². The molecule has 1 aliphatic rings. The topological polar surface area (TPSA) is 74.8 Å². The summed E-state index contributed by atoms with van der Waals surface area (Å²) in [6.07, 6.45) is -2.62. The van der Waals surface area contributed by atoms with E-state index < -0.39 is 17.7 Å². The van der Waals surface area contributed by atoms with Gasteiger partial charge < -0.3 is 9.30 Å². The van der Waals surface area contributed by atoms with E-state index >= 15 is 0 Å². The van der Waals surface area contributed by atoms with E-state index in [1.165, 1.54) is 12.1 Å². The number of esters is 1. The van der Waals surface area contributed by atoms with Crippen molar-refractivity contribution in [3.05, 3.63) is 82.2 Å². The van der Waals surface area contributed by atoms with E-state index in [4.69, 9.17) is 16.3 Å². The third kappa shape index (κ3) is 3.83. The van der Waals surface area contributed by atoms with Gasteiger partial charge in [0.2, 0.25) is 0 Å². The maximum Gasteiger partial charge on any atom is 0.416 e. The minimum Gasteiger partial charge on any atom is -0.461 e. The molecule has 0 N–H and O–H groups in total. The summed E-state index contributed by atoms with van der Waals surface area (Å²) >= 11 is 6.26. The maximum absolute atomic E-state index is 12.9. The summed E-state index contributed by atoms with van der Waals surface area (Å²) in [5.74, 6) is 0.496. The number of halogens is 4. The number of carbonyl (C=O) groups is 1. The monoisotopic (exact) mass is 487 g/mol. The maximum atomic E-state index is 12.9. The van der Waals surface area contributed by atoms with Gasteiger partial charge in [0.05, 0.1) is 30.1 Å². The first-order valence-electron chi connectivity index (χ1n) is 10.4. The van der Waals surface area contributed by atoms with Crippen molar-refractivity contribution in [2.75, 3.05) is 6.61 Å². The number of aromatic nitrogens is 5. The van der Waals surface area contributed by atoms with Crippen LogP contribution in [-0.4, -0.2) is 36.9 Å². The Labute approximate surface area is 196 Å². The first-order chi connectivity index (χ1) is 16.3. The molecule has 0 aliphatic carbocycles. The van der Waals surface area contributed by atoms with Crippen LogP contribution in [0.15, 0.2) is 48.8 Å². The summed E-state index contributed by atoms with van der Waals surface area (Å²) in [5.41, 5.74) is 2.07. The van der Waals surface area contributed by atoms with E-state index in [1.807, 2.05) is 4.57 Å². The van der Waals surface area contributed by atoms with Crippen molar-refractivity contribution in [1.29, 1.82) is 0 Å². The largest absolute Gasteiger partial charge is 0.461 e. The molecule has 174 valence electrons. The lowest BCUT2D eigenvalue weighted by Crippen LogP contribution is -2.14. The van der Waals surface area contributed by atoms with Gasteiger partial charge in [-0.25, -0.2) is 9.78 Å². The van der Waals surface area contributed by atoms with Crippen molar-refractivity contribution in [3.8, 4) is 17.1 Å². The number of alkyl halides is 3. The summed E-state index contributed by atoms with van der Waals surface area (Å²) in [4.78, 5) is 16.8. The quantitative estimate of drug-likeness (QED) is 0.336. The molecule has 2 aromatic heterocycles. The number of fused-ring (bicyclic) bond motifs is 5. The Hall–Kier alpha value is -3.66. The molecule has 0 fully saturated rings. The Morgan fingerprint density at radius 1 is 1.15 bits per heavy atom. The Bertz CT molecular complexity index is 1390. The highest BCUT2D eigenvalue weighted by atomic mass is 35.5. The van der Waals surface area contributed by atoms with Gasteiger partial charge >= 0.3 is 12.1 Å². The average molecular weight is 488 g/mol. The second-order valence-electron chi connectivity index (χ2n) is 7.69. The fourth-order valence-electron chi connectivity index (χ4n) is 3.98. The van der Waals surface area contributed by atoms with Crippen LogP contribution in [0.25, 0.3) is 17.1 Å². The Balaban J connectivity index is 1.60. The standard InChI is InChI=1S/C23H17ClF3N5O2/c1-2-34-22(33)20-18-11-31-19(9-13-3-5-14(6-4-13)23(25,26)27)29-30-21(31)16-10-15(24)7-8-17(16)32(18)12-28-20/h3-8,10,12H,2,9,11H2,1H3. The summed E-state index contributed by atoms with van der Waals surface area (Å²) in [5, 5.41) is 9.15. The molecule has 0 spiro atoms. The van der Waals surface area contributed by atoms with Gasteiger partial charge in [0.15, 0.2) is 11.5 Å². The first-order valence-corrected chi connectivity index (χ1v) is 10.8. The van der Waals surface area contributed by atoms with Crippen LogP contribution in [0.4, 0.5) is 13.2 Å². The van der Waals surface area contributed by atoms with Crippen molar-refractivity contribution >= 4 is 17.6 Å². The zero-order chi connectivity index (χ0) is 24.0. The Morgan fingerprint density at radius 3 is 2.62 bits per heavy atom. The van der Waals surface area contributed by atoms with Crippen LogP contribution in [0, 0.1) is 0 Å². The number of hydrogen-bond acceptors (Lipinski definition) is 5. The predicted molar refractivity (Wildman–Crippen MR) is 117 cm³/mol. The molecule has 34 heavy (non-hydrogen) atoms. The number of rotatable bonds is 4. The van der Waals surface area contributed by atoms with Gasteiger partial charge in [-0.2, -0.15) is 13.2 Å². The van der Waals surface area contributed by atoms with Crippen molar-refractivity contribution in [2.45, 2.75) is 26.1 Å². The normalized spacial score (nSPS) is 12.5. The van der Waals surface area contributed by atoms with Crippen LogP contribution in [0.5, 0.6) is 0 Å². The Morgan fingerprint density at radius 2 is 1.91 bits per heavy atom. The van der Waals surface area contributed by atoms with Gasteiger partial charge in [-0.1, -0.05) is 23.7 Å². The highest BCUT2D eigenvalue weighted by molar-refractivity contribution is 6.31. The van der Waals surface area contributed by atoms with E-state index in [0.717, 1.165) is 17.8 Å². The van der Waals surface area contributed by atoms with Crippen LogP contribution in [-0.2, 0) is 23.9 Å². The molecule has 0 radical (unpaired) electrons. The average Bonchev–Trinajstić information content (AvgIpc) is 3.35. The molecule has 3 heterocycles. The minimum absolute atomic E-state index is 0.171. The van der Waals surface area contributed by atoms with Gasteiger partial charge in [0, 0.05) is 17.0 Å². The summed E-state index contributed by atoms with van der Waals surface area (Å²) in [6, 6.07) is 10.2. The van der Waals surface area contributed by atoms with Crippen LogP contribution in [0.3, 0.4) is 0 Å².